The molecule has 0 saturated carbocycles. The highest BCUT2D eigenvalue weighted by Crippen LogP contribution is 2.27. The van der Waals surface area contributed by atoms with E-state index in [0.717, 1.165) is 11.5 Å². The molecule has 4 heterocycles. The summed E-state index contributed by atoms with van der Waals surface area (Å²) >= 11 is 1.69. The van der Waals surface area contributed by atoms with Crippen LogP contribution < -0.4 is 4.74 Å². The van der Waals surface area contributed by atoms with Crippen LogP contribution in [0.25, 0.3) is 10.6 Å². The van der Waals surface area contributed by atoms with Gasteiger partial charge in [0.05, 0.1) is 42.8 Å². The number of carbonyl (C=O) groups excluding carboxylic acids is 1. The Morgan fingerprint density at radius 2 is 2.04 bits per heavy atom. The average Bonchev–Trinajstić information content (AvgIpc) is 3.29. The fourth-order valence-corrected chi connectivity index (χ4v) is 3.47. The molecule has 0 fully saturated rings. The molecule has 0 spiro atoms. The second kappa shape index (κ2) is 6.04. The SMILES string of the molecule is COc1cnc(C(=O)N2CCn3c(-c4cccs4)cnc3C2)nc1. The van der Waals surface area contributed by atoms with Crippen LogP contribution in [0.5, 0.6) is 5.75 Å². The summed E-state index contributed by atoms with van der Waals surface area (Å²) in [5, 5.41) is 2.05. The largest absolute Gasteiger partial charge is 0.494 e. The number of imidazole rings is 1. The van der Waals surface area contributed by atoms with Crippen molar-refractivity contribution < 1.29 is 9.53 Å². The minimum absolute atomic E-state index is 0.175. The van der Waals surface area contributed by atoms with E-state index in [9.17, 15) is 4.79 Å². The van der Waals surface area contributed by atoms with E-state index in [1.807, 2.05) is 12.3 Å². The number of hydrogen-bond acceptors (Lipinski definition) is 6. The molecule has 8 heteroatoms. The molecule has 3 aromatic heterocycles. The first-order valence-electron chi connectivity index (χ1n) is 7.50. The average molecular weight is 341 g/mol. The van der Waals surface area contributed by atoms with Crippen molar-refractivity contribution >= 4 is 17.2 Å². The monoisotopic (exact) mass is 341 g/mol. The number of hydrogen-bond donors (Lipinski definition) is 0. The Balaban J connectivity index is 1.55. The molecule has 1 aliphatic heterocycles. The molecule has 0 bridgehead atoms. The number of carbonyl (C=O) groups is 1. The van der Waals surface area contributed by atoms with E-state index in [2.05, 4.69) is 31.0 Å². The molecular formula is C16H15N5O2S. The lowest BCUT2D eigenvalue weighted by Gasteiger charge is -2.28. The van der Waals surface area contributed by atoms with E-state index in [4.69, 9.17) is 4.74 Å². The predicted molar refractivity (Wildman–Crippen MR) is 88.9 cm³/mol. The predicted octanol–water partition coefficient (Wildman–Crippen LogP) is 2.07. The van der Waals surface area contributed by atoms with Gasteiger partial charge in [0.25, 0.3) is 5.91 Å². The second-order valence-electron chi connectivity index (χ2n) is 5.36. The molecule has 0 aromatic carbocycles. The standard InChI is InChI=1S/C16H15N5O2S/c1-23-11-7-18-15(19-8-11)16(22)20-4-5-21-12(9-17-14(21)10-20)13-3-2-6-24-13/h2-3,6-9H,4-5,10H2,1H3. The van der Waals surface area contributed by atoms with Crippen molar-refractivity contribution in [3.63, 3.8) is 0 Å². The quantitative estimate of drug-likeness (QED) is 0.729. The van der Waals surface area contributed by atoms with E-state index < -0.39 is 0 Å². The van der Waals surface area contributed by atoms with Crippen molar-refractivity contribution in [3.05, 3.63) is 47.8 Å². The van der Waals surface area contributed by atoms with Gasteiger partial charge in [-0.25, -0.2) is 15.0 Å². The molecule has 24 heavy (non-hydrogen) atoms. The highest BCUT2D eigenvalue weighted by Gasteiger charge is 2.26. The van der Waals surface area contributed by atoms with Crippen LogP contribution in [-0.2, 0) is 13.1 Å². The Bertz CT molecular complexity index is 857. The van der Waals surface area contributed by atoms with Crippen molar-refractivity contribution in [3.8, 4) is 16.3 Å². The number of methoxy groups -OCH3 is 1. The molecular weight excluding hydrogens is 326 g/mol. The topological polar surface area (TPSA) is 73.1 Å². The van der Waals surface area contributed by atoms with Crippen molar-refractivity contribution in [1.29, 1.82) is 0 Å². The van der Waals surface area contributed by atoms with Gasteiger partial charge in [-0.05, 0) is 11.4 Å². The Morgan fingerprint density at radius 1 is 1.21 bits per heavy atom. The first-order valence-corrected chi connectivity index (χ1v) is 8.38. The number of fused-ring (bicyclic) bond motifs is 1. The zero-order valence-corrected chi connectivity index (χ0v) is 13.9. The van der Waals surface area contributed by atoms with E-state index in [-0.39, 0.29) is 11.7 Å². The Hall–Kier alpha value is -2.74. The zero-order chi connectivity index (χ0) is 16.5. The number of ether oxygens (including phenoxy) is 1. The number of aromatic nitrogens is 4. The first kappa shape index (κ1) is 14.8. The molecule has 7 nitrogen and oxygen atoms in total. The third kappa shape index (κ3) is 2.54. The van der Waals surface area contributed by atoms with Crippen LogP contribution in [0, 0.1) is 0 Å². The van der Waals surface area contributed by atoms with Gasteiger partial charge in [-0.1, -0.05) is 6.07 Å². The lowest BCUT2D eigenvalue weighted by atomic mass is 10.3. The fraction of sp³-hybridized carbons (Fsp3) is 0.250. The van der Waals surface area contributed by atoms with Gasteiger partial charge in [-0.2, -0.15) is 0 Å². The van der Waals surface area contributed by atoms with Crippen LogP contribution in [0.3, 0.4) is 0 Å². The number of rotatable bonds is 3. The van der Waals surface area contributed by atoms with Crippen molar-refractivity contribution in [1.82, 2.24) is 24.4 Å². The van der Waals surface area contributed by atoms with E-state index in [1.165, 1.54) is 24.4 Å². The van der Waals surface area contributed by atoms with Crippen LogP contribution >= 0.6 is 11.3 Å². The van der Waals surface area contributed by atoms with Crippen molar-refractivity contribution in [2.24, 2.45) is 0 Å². The second-order valence-corrected chi connectivity index (χ2v) is 6.31. The summed E-state index contributed by atoms with van der Waals surface area (Å²) in [5.41, 5.74) is 1.10. The number of nitrogens with zero attached hydrogens (tertiary/aromatic N) is 5. The molecule has 0 N–H and O–H groups in total. The van der Waals surface area contributed by atoms with Crippen molar-refractivity contribution in [2.75, 3.05) is 13.7 Å². The van der Waals surface area contributed by atoms with Crippen LogP contribution in [-0.4, -0.2) is 44.0 Å². The lowest BCUT2D eigenvalue weighted by Crippen LogP contribution is -2.39. The highest BCUT2D eigenvalue weighted by molar-refractivity contribution is 7.13. The first-order chi connectivity index (χ1) is 11.8. The normalized spacial score (nSPS) is 13.6. The Kier molecular flexibility index (Phi) is 3.73. The molecule has 0 atom stereocenters. The lowest BCUT2D eigenvalue weighted by molar-refractivity contribution is 0.0695. The molecule has 0 unspecified atom stereocenters. The summed E-state index contributed by atoms with van der Waals surface area (Å²) in [7, 11) is 1.54. The van der Waals surface area contributed by atoms with Crippen LogP contribution in [0.1, 0.15) is 16.4 Å². The Morgan fingerprint density at radius 3 is 2.75 bits per heavy atom. The summed E-state index contributed by atoms with van der Waals surface area (Å²) < 4.78 is 7.19. The third-order valence-electron chi connectivity index (χ3n) is 3.98. The molecule has 4 rings (SSSR count). The molecule has 0 saturated heterocycles. The summed E-state index contributed by atoms with van der Waals surface area (Å²) in [6.07, 6.45) is 4.87. The van der Waals surface area contributed by atoms with Crippen LogP contribution in [0.2, 0.25) is 0 Å². The van der Waals surface area contributed by atoms with Gasteiger partial charge in [0.15, 0.2) is 5.75 Å². The van der Waals surface area contributed by atoms with Gasteiger partial charge in [0.2, 0.25) is 5.82 Å². The number of thiophene rings is 1. The van der Waals surface area contributed by atoms with Crippen LogP contribution in [0.4, 0.5) is 0 Å². The molecule has 122 valence electrons. The highest BCUT2D eigenvalue weighted by atomic mass is 32.1. The van der Waals surface area contributed by atoms with E-state index in [1.54, 1.807) is 16.2 Å². The minimum atomic E-state index is -0.190. The molecule has 1 aliphatic rings. The van der Waals surface area contributed by atoms with Gasteiger partial charge in [-0.3, -0.25) is 4.79 Å². The smallest absolute Gasteiger partial charge is 0.292 e. The molecule has 1 amide bonds. The van der Waals surface area contributed by atoms with Crippen molar-refractivity contribution in [2.45, 2.75) is 13.1 Å². The summed E-state index contributed by atoms with van der Waals surface area (Å²) in [5.74, 6) is 1.40. The maximum atomic E-state index is 12.6. The van der Waals surface area contributed by atoms with Crippen LogP contribution in [0.15, 0.2) is 36.1 Å². The summed E-state index contributed by atoms with van der Waals surface area (Å²) in [4.78, 5) is 28.1. The molecule has 0 radical (unpaired) electrons. The maximum absolute atomic E-state index is 12.6. The fourth-order valence-electron chi connectivity index (χ4n) is 2.73. The van der Waals surface area contributed by atoms with Gasteiger partial charge in [-0.15, -0.1) is 11.3 Å². The maximum Gasteiger partial charge on any atom is 0.292 e. The van der Waals surface area contributed by atoms with Gasteiger partial charge in [0, 0.05) is 13.1 Å². The van der Waals surface area contributed by atoms with Gasteiger partial charge in [0.1, 0.15) is 5.82 Å². The summed E-state index contributed by atoms with van der Waals surface area (Å²) in [6.45, 7) is 1.78. The summed E-state index contributed by atoms with van der Waals surface area (Å²) in [6, 6.07) is 4.11. The Labute approximate surface area is 142 Å². The van der Waals surface area contributed by atoms with E-state index >= 15 is 0 Å². The third-order valence-corrected chi connectivity index (χ3v) is 4.87. The number of amides is 1. The molecule has 0 aliphatic carbocycles. The van der Waals surface area contributed by atoms with Gasteiger partial charge < -0.3 is 14.2 Å². The van der Waals surface area contributed by atoms with E-state index in [0.29, 0.717) is 25.4 Å². The minimum Gasteiger partial charge on any atom is -0.494 e. The van der Waals surface area contributed by atoms with Gasteiger partial charge >= 0.3 is 0 Å². The molecule has 3 aromatic rings. The zero-order valence-electron chi connectivity index (χ0n) is 13.0.